The van der Waals surface area contributed by atoms with Gasteiger partial charge in [0, 0.05) is 19.5 Å². The third-order valence-electron chi connectivity index (χ3n) is 3.85. The van der Waals surface area contributed by atoms with Crippen LogP contribution >= 0.6 is 0 Å². The minimum atomic E-state index is -4.29. The Balaban J connectivity index is 2.04. The number of aryl methyl sites for hydroxylation is 1. The van der Waals surface area contributed by atoms with E-state index in [9.17, 15) is 13.2 Å². The maximum absolute atomic E-state index is 13.4. The quantitative estimate of drug-likeness (QED) is 0.876. The molecule has 2 aliphatic rings. The van der Waals surface area contributed by atoms with Crippen molar-refractivity contribution in [3.05, 3.63) is 11.6 Å². The van der Waals surface area contributed by atoms with Crippen LogP contribution in [0.5, 0.6) is 0 Å². The molecule has 1 saturated carbocycles. The number of nitrogens with zero attached hydrogens (tertiary/aromatic N) is 3. The molecule has 1 unspecified atom stereocenters. The second-order valence-electron chi connectivity index (χ2n) is 5.20. The lowest BCUT2D eigenvalue weighted by atomic mass is 9.85. The highest BCUT2D eigenvalue weighted by molar-refractivity contribution is 5.19. The standard InChI is InChI=1S/C11H15F3N4/c1-18-9(16-8(17-18)7-2-3-7)10(11(12,13)14)4-5-15-6-10/h7,15H,2-6H2,1H3. The van der Waals surface area contributed by atoms with Crippen LogP contribution in [-0.2, 0) is 12.5 Å². The minimum Gasteiger partial charge on any atom is -0.315 e. The Labute approximate surface area is 103 Å². The Hall–Kier alpha value is -1.11. The van der Waals surface area contributed by atoms with Crippen molar-refractivity contribution in [3.63, 3.8) is 0 Å². The minimum absolute atomic E-state index is 0.0349. The van der Waals surface area contributed by atoms with Gasteiger partial charge in [-0.1, -0.05) is 0 Å². The molecule has 4 nitrogen and oxygen atoms in total. The molecule has 100 valence electrons. The summed E-state index contributed by atoms with van der Waals surface area (Å²) in [7, 11) is 1.56. The van der Waals surface area contributed by atoms with Gasteiger partial charge in [0.25, 0.3) is 0 Å². The van der Waals surface area contributed by atoms with Gasteiger partial charge >= 0.3 is 6.18 Å². The fourth-order valence-corrected chi connectivity index (χ4v) is 2.59. The average molecular weight is 260 g/mol. The Morgan fingerprint density at radius 1 is 1.39 bits per heavy atom. The molecule has 1 aliphatic heterocycles. The topological polar surface area (TPSA) is 42.7 Å². The number of halogens is 3. The van der Waals surface area contributed by atoms with Crippen molar-refractivity contribution >= 4 is 0 Å². The van der Waals surface area contributed by atoms with Gasteiger partial charge in [0.1, 0.15) is 11.2 Å². The highest BCUT2D eigenvalue weighted by Gasteiger charge is 2.60. The molecule has 1 N–H and O–H groups in total. The molecular weight excluding hydrogens is 245 g/mol. The van der Waals surface area contributed by atoms with Gasteiger partial charge in [-0.05, 0) is 25.8 Å². The van der Waals surface area contributed by atoms with Gasteiger partial charge in [0.05, 0.1) is 0 Å². The van der Waals surface area contributed by atoms with Gasteiger partial charge in [0.15, 0.2) is 5.82 Å². The third-order valence-corrected chi connectivity index (χ3v) is 3.85. The van der Waals surface area contributed by atoms with Crippen LogP contribution in [0, 0.1) is 0 Å². The average Bonchev–Trinajstić information content (AvgIpc) is 2.86. The molecule has 1 atom stereocenters. The molecule has 0 amide bonds. The number of rotatable bonds is 2. The van der Waals surface area contributed by atoms with Crippen LogP contribution in [0.1, 0.15) is 36.8 Å². The fraction of sp³-hybridized carbons (Fsp3) is 0.818. The van der Waals surface area contributed by atoms with Gasteiger partial charge in [-0.25, -0.2) is 4.98 Å². The van der Waals surface area contributed by atoms with Crippen molar-refractivity contribution in [1.29, 1.82) is 0 Å². The zero-order valence-electron chi connectivity index (χ0n) is 10.1. The molecule has 1 aromatic rings. The van der Waals surface area contributed by atoms with Crippen LogP contribution in [0.4, 0.5) is 13.2 Å². The fourth-order valence-electron chi connectivity index (χ4n) is 2.59. The largest absolute Gasteiger partial charge is 0.402 e. The van der Waals surface area contributed by atoms with Gasteiger partial charge in [-0.2, -0.15) is 18.3 Å². The molecule has 18 heavy (non-hydrogen) atoms. The summed E-state index contributed by atoms with van der Waals surface area (Å²) in [6.45, 7) is 0.262. The van der Waals surface area contributed by atoms with Crippen molar-refractivity contribution in [2.75, 3.05) is 13.1 Å². The van der Waals surface area contributed by atoms with Crippen molar-refractivity contribution in [3.8, 4) is 0 Å². The van der Waals surface area contributed by atoms with E-state index in [1.807, 2.05) is 0 Å². The van der Waals surface area contributed by atoms with Crippen molar-refractivity contribution in [1.82, 2.24) is 20.1 Å². The molecule has 0 bridgehead atoms. The van der Waals surface area contributed by atoms with Crippen molar-refractivity contribution in [2.24, 2.45) is 7.05 Å². The van der Waals surface area contributed by atoms with Gasteiger partial charge < -0.3 is 5.32 Å². The monoisotopic (exact) mass is 260 g/mol. The first-order valence-electron chi connectivity index (χ1n) is 6.13. The maximum Gasteiger partial charge on any atom is 0.402 e. The summed E-state index contributed by atoms with van der Waals surface area (Å²) in [5.41, 5.74) is -1.87. The molecule has 3 rings (SSSR count). The van der Waals surface area contributed by atoms with E-state index in [1.54, 1.807) is 7.05 Å². The maximum atomic E-state index is 13.4. The van der Waals surface area contributed by atoms with Crippen LogP contribution < -0.4 is 5.32 Å². The van der Waals surface area contributed by atoms with Gasteiger partial charge in [-0.3, -0.25) is 4.68 Å². The summed E-state index contributed by atoms with van der Waals surface area (Å²) in [6, 6.07) is 0. The molecule has 7 heteroatoms. The summed E-state index contributed by atoms with van der Waals surface area (Å²) < 4.78 is 41.5. The smallest absolute Gasteiger partial charge is 0.315 e. The highest BCUT2D eigenvalue weighted by atomic mass is 19.4. The number of nitrogens with one attached hydrogen (secondary N) is 1. The third kappa shape index (κ3) is 1.64. The molecule has 1 saturated heterocycles. The van der Waals surface area contributed by atoms with Crippen LogP contribution in [0.3, 0.4) is 0 Å². The Kier molecular flexibility index (Phi) is 2.45. The summed E-state index contributed by atoms with van der Waals surface area (Å²) in [6.07, 6.45) is -2.29. The zero-order chi connectivity index (χ0) is 13.0. The second-order valence-corrected chi connectivity index (χ2v) is 5.20. The molecule has 2 heterocycles. The number of hydrogen-bond donors (Lipinski definition) is 1. The van der Waals surface area contributed by atoms with Crippen molar-refractivity contribution < 1.29 is 13.2 Å². The molecule has 2 fully saturated rings. The zero-order valence-corrected chi connectivity index (χ0v) is 10.1. The van der Waals surface area contributed by atoms with E-state index in [2.05, 4.69) is 15.4 Å². The molecule has 1 aromatic heterocycles. The van der Waals surface area contributed by atoms with Crippen LogP contribution in [-0.4, -0.2) is 34.0 Å². The predicted molar refractivity (Wildman–Crippen MR) is 58.2 cm³/mol. The van der Waals surface area contributed by atoms with E-state index in [0.717, 1.165) is 12.8 Å². The predicted octanol–water partition coefficient (Wildman–Crippen LogP) is 1.49. The van der Waals surface area contributed by atoms with E-state index in [0.29, 0.717) is 12.4 Å². The Morgan fingerprint density at radius 3 is 2.61 bits per heavy atom. The summed E-state index contributed by atoms with van der Waals surface area (Å²) in [5.74, 6) is 0.898. The van der Waals surface area contributed by atoms with Gasteiger partial charge in [0.2, 0.25) is 0 Å². The van der Waals surface area contributed by atoms with Crippen molar-refractivity contribution in [2.45, 2.75) is 36.8 Å². The lowest BCUT2D eigenvalue weighted by Gasteiger charge is -2.29. The van der Waals surface area contributed by atoms with E-state index in [-0.39, 0.29) is 24.7 Å². The number of hydrogen-bond acceptors (Lipinski definition) is 3. The summed E-state index contributed by atoms with van der Waals surface area (Å²) in [5, 5.41) is 6.95. The number of aromatic nitrogens is 3. The molecule has 0 radical (unpaired) electrons. The van der Waals surface area contributed by atoms with E-state index in [4.69, 9.17) is 0 Å². The second kappa shape index (κ2) is 3.69. The lowest BCUT2D eigenvalue weighted by molar-refractivity contribution is -0.187. The number of alkyl halides is 3. The SMILES string of the molecule is Cn1nc(C2CC2)nc1C1(C(F)(F)F)CCNC1. The first-order chi connectivity index (χ1) is 8.44. The Bertz CT molecular complexity index is 455. The van der Waals surface area contributed by atoms with Gasteiger partial charge in [-0.15, -0.1) is 0 Å². The summed E-state index contributed by atoms with van der Waals surface area (Å²) in [4.78, 5) is 4.18. The lowest BCUT2D eigenvalue weighted by Crippen LogP contribution is -2.46. The molecular formula is C11H15F3N4. The van der Waals surface area contributed by atoms with E-state index in [1.165, 1.54) is 4.68 Å². The molecule has 0 spiro atoms. The molecule has 0 aromatic carbocycles. The first-order valence-corrected chi connectivity index (χ1v) is 6.13. The van der Waals surface area contributed by atoms with Crippen LogP contribution in [0.2, 0.25) is 0 Å². The van der Waals surface area contributed by atoms with E-state index >= 15 is 0 Å². The molecule has 1 aliphatic carbocycles. The van der Waals surface area contributed by atoms with Crippen LogP contribution in [0.25, 0.3) is 0 Å². The first kappa shape index (κ1) is 12.0. The highest BCUT2D eigenvalue weighted by Crippen LogP contribution is 2.46. The summed E-state index contributed by atoms with van der Waals surface area (Å²) >= 11 is 0. The Morgan fingerprint density at radius 2 is 2.11 bits per heavy atom. The van der Waals surface area contributed by atoms with Crippen LogP contribution in [0.15, 0.2) is 0 Å². The normalized spacial score (nSPS) is 28.9. The van der Waals surface area contributed by atoms with E-state index < -0.39 is 11.6 Å².